The van der Waals surface area contributed by atoms with Gasteiger partial charge in [0.25, 0.3) is 0 Å². The highest BCUT2D eigenvalue weighted by Gasteiger charge is 2.23. The molecule has 0 fully saturated rings. The van der Waals surface area contributed by atoms with Crippen LogP contribution in [0.2, 0.25) is 0 Å². The third kappa shape index (κ3) is 1.90. The van der Waals surface area contributed by atoms with Gasteiger partial charge in [0, 0.05) is 18.3 Å². The number of nitrogens with one attached hydrogen (secondary N) is 1. The first-order valence-corrected chi connectivity index (χ1v) is 6.65. The minimum Gasteiger partial charge on any atom is -0.476 e. The Morgan fingerprint density at radius 2 is 2.25 bits per heavy atom. The van der Waals surface area contributed by atoms with Crippen molar-refractivity contribution < 1.29 is 14.7 Å². The summed E-state index contributed by atoms with van der Waals surface area (Å²) in [5.74, 6) is -1.12. The molecule has 1 aromatic carbocycles. The molecule has 0 unspecified atom stereocenters. The van der Waals surface area contributed by atoms with Crippen LogP contribution in [0.25, 0.3) is 11.3 Å². The normalized spacial score (nSPS) is 13.2. The average Bonchev–Trinajstić information content (AvgIpc) is 2.88. The Morgan fingerprint density at radius 3 is 2.90 bits per heavy atom. The first-order chi connectivity index (χ1) is 9.47. The Hall–Kier alpha value is -2.15. The van der Waals surface area contributed by atoms with E-state index in [4.69, 9.17) is 5.11 Å². The lowest BCUT2D eigenvalue weighted by molar-refractivity contribution is -0.115. The molecule has 1 aliphatic heterocycles. The summed E-state index contributed by atoms with van der Waals surface area (Å²) >= 11 is 3.29. The maximum absolute atomic E-state index is 11.4. The highest BCUT2D eigenvalue weighted by atomic mass is 79.9. The predicted octanol–water partition coefficient (Wildman–Crippen LogP) is 2.04. The van der Waals surface area contributed by atoms with E-state index in [0.717, 1.165) is 16.8 Å². The van der Waals surface area contributed by atoms with E-state index in [0.29, 0.717) is 16.6 Å². The van der Waals surface area contributed by atoms with Crippen molar-refractivity contribution in [2.24, 2.45) is 7.05 Å². The summed E-state index contributed by atoms with van der Waals surface area (Å²) in [6, 6.07) is 5.52. The number of nitrogens with zero attached hydrogens (tertiary/aromatic N) is 2. The number of carbonyl (C=O) groups excluding carboxylic acids is 1. The zero-order valence-corrected chi connectivity index (χ0v) is 12.1. The highest BCUT2D eigenvalue weighted by Crippen LogP contribution is 2.34. The number of halogens is 1. The third-order valence-corrected chi connectivity index (χ3v) is 3.95. The second-order valence-electron chi connectivity index (χ2n) is 4.54. The highest BCUT2D eigenvalue weighted by molar-refractivity contribution is 9.10. The molecule has 0 bridgehead atoms. The summed E-state index contributed by atoms with van der Waals surface area (Å²) in [4.78, 5) is 22.4. The van der Waals surface area contributed by atoms with E-state index in [-0.39, 0.29) is 11.6 Å². The zero-order valence-electron chi connectivity index (χ0n) is 10.5. The van der Waals surface area contributed by atoms with E-state index >= 15 is 0 Å². The zero-order chi connectivity index (χ0) is 14.4. The number of amides is 1. The van der Waals surface area contributed by atoms with Gasteiger partial charge in [0.2, 0.25) is 5.91 Å². The van der Waals surface area contributed by atoms with E-state index < -0.39 is 5.97 Å². The van der Waals surface area contributed by atoms with Crippen LogP contribution in [0.5, 0.6) is 0 Å². The van der Waals surface area contributed by atoms with Gasteiger partial charge in [-0.25, -0.2) is 4.79 Å². The molecule has 2 aromatic rings. The second kappa shape index (κ2) is 4.45. The summed E-state index contributed by atoms with van der Waals surface area (Å²) in [6.07, 6.45) is 0.338. The number of benzene rings is 1. The van der Waals surface area contributed by atoms with Crippen LogP contribution in [-0.4, -0.2) is 26.8 Å². The Kier molecular flexibility index (Phi) is 2.86. The summed E-state index contributed by atoms with van der Waals surface area (Å²) in [6.45, 7) is 0. The molecule has 0 spiro atoms. The molecule has 6 nitrogen and oxygen atoms in total. The molecular formula is C13H10BrN3O3. The molecule has 2 N–H and O–H groups in total. The maximum Gasteiger partial charge on any atom is 0.357 e. The largest absolute Gasteiger partial charge is 0.476 e. The van der Waals surface area contributed by atoms with Crippen molar-refractivity contribution in [3.05, 3.63) is 33.9 Å². The lowest BCUT2D eigenvalue weighted by Gasteiger charge is -2.05. The van der Waals surface area contributed by atoms with Crippen LogP contribution < -0.4 is 5.32 Å². The lowest BCUT2D eigenvalue weighted by atomic mass is 10.1. The van der Waals surface area contributed by atoms with Crippen molar-refractivity contribution in [2.75, 3.05) is 5.32 Å². The monoisotopic (exact) mass is 335 g/mol. The Labute approximate surface area is 122 Å². The Bertz CT molecular complexity index is 752. The Morgan fingerprint density at radius 1 is 1.50 bits per heavy atom. The quantitative estimate of drug-likeness (QED) is 0.879. The van der Waals surface area contributed by atoms with Gasteiger partial charge in [-0.2, -0.15) is 5.10 Å². The number of aromatic carboxylic acids is 1. The molecular weight excluding hydrogens is 326 g/mol. The summed E-state index contributed by atoms with van der Waals surface area (Å²) in [7, 11) is 1.68. The molecule has 0 atom stereocenters. The van der Waals surface area contributed by atoms with Crippen molar-refractivity contribution in [1.29, 1.82) is 0 Å². The van der Waals surface area contributed by atoms with Crippen LogP contribution in [0.3, 0.4) is 0 Å². The number of carboxylic acids is 1. The number of aromatic nitrogens is 2. The third-order valence-electron chi connectivity index (χ3n) is 3.20. The van der Waals surface area contributed by atoms with Gasteiger partial charge < -0.3 is 10.4 Å². The van der Waals surface area contributed by atoms with Crippen molar-refractivity contribution in [3.8, 4) is 11.3 Å². The molecule has 7 heteroatoms. The number of carbonyl (C=O) groups is 2. The molecule has 0 saturated heterocycles. The molecule has 102 valence electrons. The lowest BCUT2D eigenvalue weighted by Crippen LogP contribution is -2.03. The maximum atomic E-state index is 11.4. The van der Waals surface area contributed by atoms with Crippen LogP contribution in [-0.2, 0) is 18.3 Å². The number of fused-ring (bicyclic) bond motifs is 1. The van der Waals surface area contributed by atoms with Crippen molar-refractivity contribution >= 4 is 33.5 Å². The second-order valence-corrected chi connectivity index (χ2v) is 5.33. The van der Waals surface area contributed by atoms with Crippen LogP contribution in [0, 0.1) is 0 Å². The molecule has 2 heterocycles. The van der Waals surface area contributed by atoms with Gasteiger partial charge in [-0.3, -0.25) is 9.48 Å². The average molecular weight is 336 g/mol. The Balaban J connectivity index is 2.13. The molecule has 0 aliphatic carbocycles. The van der Waals surface area contributed by atoms with Gasteiger partial charge in [0.05, 0.1) is 16.6 Å². The van der Waals surface area contributed by atoms with E-state index in [1.54, 1.807) is 7.05 Å². The molecule has 3 rings (SSSR count). The molecule has 1 aromatic heterocycles. The topological polar surface area (TPSA) is 84.2 Å². The number of carboxylic acid groups (broad SMARTS) is 1. The SMILES string of the molecule is Cn1nc(C(=O)O)c(Br)c1-c1ccc2c(c1)CC(=O)N2. The van der Waals surface area contributed by atoms with E-state index in [2.05, 4.69) is 26.3 Å². The van der Waals surface area contributed by atoms with Crippen molar-refractivity contribution in [3.63, 3.8) is 0 Å². The smallest absolute Gasteiger partial charge is 0.357 e. The fourth-order valence-corrected chi connectivity index (χ4v) is 3.06. The standard InChI is InChI=1S/C13H10BrN3O3/c1-17-12(10(14)11(16-17)13(19)20)6-2-3-8-7(4-6)5-9(18)15-8/h2-4H,5H2,1H3,(H,15,18)(H,19,20). The van der Waals surface area contributed by atoms with Crippen molar-refractivity contribution in [2.45, 2.75) is 6.42 Å². The number of aryl methyl sites for hydroxylation is 1. The van der Waals surface area contributed by atoms with E-state index in [1.807, 2.05) is 18.2 Å². The van der Waals surface area contributed by atoms with Gasteiger partial charge in [0.1, 0.15) is 0 Å². The summed E-state index contributed by atoms with van der Waals surface area (Å²) in [5, 5.41) is 15.8. The summed E-state index contributed by atoms with van der Waals surface area (Å²) in [5.41, 5.74) is 3.16. The van der Waals surface area contributed by atoms with E-state index in [1.165, 1.54) is 4.68 Å². The minimum atomic E-state index is -1.09. The molecule has 1 aliphatic rings. The predicted molar refractivity (Wildman–Crippen MR) is 75.6 cm³/mol. The van der Waals surface area contributed by atoms with Crippen LogP contribution in [0.1, 0.15) is 16.1 Å². The fourth-order valence-electron chi connectivity index (χ4n) is 2.32. The minimum absolute atomic E-state index is 0.0304. The van der Waals surface area contributed by atoms with Gasteiger partial charge in [-0.1, -0.05) is 6.07 Å². The number of rotatable bonds is 2. The van der Waals surface area contributed by atoms with Crippen LogP contribution >= 0.6 is 15.9 Å². The van der Waals surface area contributed by atoms with Gasteiger partial charge in [-0.15, -0.1) is 0 Å². The van der Waals surface area contributed by atoms with Gasteiger partial charge in [0.15, 0.2) is 5.69 Å². The summed E-state index contributed by atoms with van der Waals surface area (Å²) < 4.78 is 1.95. The molecule has 20 heavy (non-hydrogen) atoms. The van der Waals surface area contributed by atoms with Crippen LogP contribution in [0.4, 0.5) is 5.69 Å². The first kappa shape index (κ1) is 12.9. The van der Waals surface area contributed by atoms with Gasteiger partial charge >= 0.3 is 5.97 Å². The number of hydrogen-bond donors (Lipinski definition) is 2. The van der Waals surface area contributed by atoms with Gasteiger partial charge in [-0.05, 0) is 33.6 Å². The van der Waals surface area contributed by atoms with E-state index in [9.17, 15) is 9.59 Å². The fraction of sp³-hybridized carbons (Fsp3) is 0.154. The van der Waals surface area contributed by atoms with Crippen molar-refractivity contribution in [1.82, 2.24) is 9.78 Å². The molecule has 0 saturated carbocycles. The molecule has 0 radical (unpaired) electrons. The first-order valence-electron chi connectivity index (χ1n) is 5.86. The van der Waals surface area contributed by atoms with Crippen LogP contribution in [0.15, 0.2) is 22.7 Å². The number of anilines is 1. The number of hydrogen-bond acceptors (Lipinski definition) is 3. The molecule has 1 amide bonds.